The first-order valence-electron chi connectivity index (χ1n) is 9.93. The molecule has 0 aliphatic carbocycles. The van der Waals surface area contributed by atoms with Gasteiger partial charge in [-0.15, -0.1) is 11.3 Å². The van der Waals surface area contributed by atoms with Gasteiger partial charge >= 0.3 is 5.97 Å². The van der Waals surface area contributed by atoms with Crippen LogP contribution < -0.4 is 4.90 Å². The predicted molar refractivity (Wildman–Crippen MR) is 119 cm³/mol. The zero-order valence-electron chi connectivity index (χ0n) is 16.8. The highest BCUT2D eigenvalue weighted by molar-refractivity contribution is 7.19. The quantitative estimate of drug-likeness (QED) is 0.555. The van der Waals surface area contributed by atoms with Crippen molar-refractivity contribution in [1.29, 1.82) is 0 Å². The summed E-state index contributed by atoms with van der Waals surface area (Å²) >= 11 is 7.93. The number of aromatic nitrogens is 2. The van der Waals surface area contributed by atoms with Gasteiger partial charge in [-0.3, -0.25) is 4.79 Å². The first kappa shape index (κ1) is 20.1. The van der Waals surface area contributed by atoms with E-state index in [-0.39, 0.29) is 11.2 Å². The number of aliphatic carboxylic acids is 1. The van der Waals surface area contributed by atoms with E-state index >= 15 is 0 Å². The number of nitrogens with zero attached hydrogens (tertiary/aromatic N) is 3. The number of piperidine rings is 1. The monoisotopic (exact) mass is 429 g/mol. The molecule has 5 nitrogen and oxygen atoms in total. The van der Waals surface area contributed by atoms with Crippen LogP contribution in [0, 0.1) is 19.8 Å². The van der Waals surface area contributed by atoms with Gasteiger partial charge in [-0.05, 0) is 61.4 Å². The lowest BCUT2D eigenvalue weighted by molar-refractivity contribution is -0.141. The average molecular weight is 430 g/mol. The Bertz CT molecular complexity index is 1100. The van der Waals surface area contributed by atoms with E-state index in [0.717, 1.165) is 46.5 Å². The number of benzene rings is 1. The Morgan fingerprint density at radius 3 is 2.79 bits per heavy atom. The fourth-order valence-electron chi connectivity index (χ4n) is 4.05. The summed E-state index contributed by atoms with van der Waals surface area (Å²) in [5, 5.41) is 10.7. The van der Waals surface area contributed by atoms with E-state index in [1.165, 1.54) is 16.0 Å². The maximum absolute atomic E-state index is 11.6. The number of rotatable bonds is 4. The van der Waals surface area contributed by atoms with Crippen molar-refractivity contribution in [2.45, 2.75) is 40.0 Å². The molecule has 7 heteroatoms. The maximum Gasteiger partial charge on any atom is 0.308 e. The highest BCUT2D eigenvalue weighted by Gasteiger charge is 2.29. The molecule has 1 saturated heterocycles. The van der Waals surface area contributed by atoms with E-state index in [2.05, 4.69) is 53.8 Å². The summed E-state index contributed by atoms with van der Waals surface area (Å²) < 4.78 is 0. The van der Waals surface area contributed by atoms with Crippen LogP contribution in [0.15, 0.2) is 18.2 Å². The zero-order valence-corrected chi connectivity index (χ0v) is 18.4. The Balaban J connectivity index is 1.94. The SMILES string of the molecule is CCc1sc2nc(Cl)nc(N3CCCC(C(=O)O)C3)c2c1-c1ccc(C)c(C)c1. The van der Waals surface area contributed by atoms with Crippen molar-refractivity contribution in [3.8, 4) is 11.1 Å². The number of anilines is 1. The van der Waals surface area contributed by atoms with E-state index in [9.17, 15) is 9.90 Å². The molecule has 152 valence electrons. The van der Waals surface area contributed by atoms with Crippen molar-refractivity contribution in [3.63, 3.8) is 0 Å². The average Bonchev–Trinajstić information content (AvgIpc) is 3.07. The summed E-state index contributed by atoms with van der Waals surface area (Å²) in [6.07, 6.45) is 2.41. The summed E-state index contributed by atoms with van der Waals surface area (Å²) in [7, 11) is 0. The minimum Gasteiger partial charge on any atom is -0.481 e. The molecule has 1 unspecified atom stereocenters. The summed E-state index contributed by atoms with van der Waals surface area (Å²) in [6.45, 7) is 7.59. The molecular weight excluding hydrogens is 406 g/mol. The molecule has 0 radical (unpaired) electrons. The number of carboxylic acid groups (broad SMARTS) is 1. The number of hydrogen-bond donors (Lipinski definition) is 1. The fourth-order valence-corrected chi connectivity index (χ4v) is 5.40. The number of halogens is 1. The fraction of sp³-hybridized carbons (Fsp3) is 0.409. The third-order valence-corrected chi connectivity index (χ3v) is 7.16. The summed E-state index contributed by atoms with van der Waals surface area (Å²) in [6, 6.07) is 6.51. The van der Waals surface area contributed by atoms with Crippen molar-refractivity contribution in [2.75, 3.05) is 18.0 Å². The van der Waals surface area contributed by atoms with Gasteiger partial charge in [0.2, 0.25) is 5.28 Å². The molecule has 0 spiro atoms. The van der Waals surface area contributed by atoms with Crippen LogP contribution in [-0.2, 0) is 11.2 Å². The first-order valence-corrected chi connectivity index (χ1v) is 11.1. The number of carboxylic acids is 1. The second-order valence-electron chi connectivity index (χ2n) is 7.67. The predicted octanol–water partition coefficient (Wildman–Crippen LogP) is 5.49. The standard InChI is InChI=1S/C22H24ClN3O2S/c1-4-16-17(14-8-7-12(2)13(3)10-14)18-19(24-22(23)25-20(18)29-16)26-9-5-6-15(11-26)21(27)28/h7-8,10,15H,4-6,9,11H2,1-3H3,(H,27,28). The Hall–Kier alpha value is -2.18. The Morgan fingerprint density at radius 1 is 1.31 bits per heavy atom. The largest absolute Gasteiger partial charge is 0.481 e. The molecule has 3 aromatic rings. The van der Waals surface area contributed by atoms with Crippen LogP contribution in [0.5, 0.6) is 0 Å². The van der Waals surface area contributed by atoms with Gasteiger partial charge in [-0.1, -0.05) is 25.1 Å². The lowest BCUT2D eigenvalue weighted by Gasteiger charge is -2.32. The molecule has 1 N–H and O–H groups in total. The number of thiophene rings is 1. The number of carbonyl (C=O) groups is 1. The van der Waals surface area contributed by atoms with Crippen LogP contribution in [0.3, 0.4) is 0 Å². The van der Waals surface area contributed by atoms with Crippen molar-refractivity contribution in [2.24, 2.45) is 5.92 Å². The number of hydrogen-bond acceptors (Lipinski definition) is 5. The van der Waals surface area contributed by atoms with Gasteiger partial charge in [-0.2, -0.15) is 4.98 Å². The molecule has 0 bridgehead atoms. The lowest BCUT2D eigenvalue weighted by Crippen LogP contribution is -2.39. The van der Waals surface area contributed by atoms with Gasteiger partial charge in [0, 0.05) is 23.5 Å². The second-order valence-corrected chi connectivity index (χ2v) is 9.09. The normalized spacial score (nSPS) is 17.1. The molecule has 1 fully saturated rings. The van der Waals surface area contributed by atoms with E-state index in [4.69, 9.17) is 11.6 Å². The Morgan fingerprint density at radius 2 is 2.10 bits per heavy atom. The first-order chi connectivity index (χ1) is 13.9. The lowest BCUT2D eigenvalue weighted by atomic mass is 9.96. The van der Waals surface area contributed by atoms with Crippen LogP contribution in [0.25, 0.3) is 21.3 Å². The van der Waals surface area contributed by atoms with Gasteiger partial charge in [0.25, 0.3) is 0 Å². The maximum atomic E-state index is 11.6. The van der Waals surface area contributed by atoms with Crippen LogP contribution in [-0.4, -0.2) is 34.1 Å². The van der Waals surface area contributed by atoms with Gasteiger partial charge in [0.15, 0.2) is 0 Å². The molecule has 3 heterocycles. The van der Waals surface area contributed by atoms with E-state index < -0.39 is 5.97 Å². The molecule has 4 rings (SSSR count). The van der Waals surface area contributed by atoms with Gasteiger partial charge < -0.3 is 10.0 Å². The summed E-state index contributed by atoms with van der Waals surface area (Å²) in [5.74, 6) is -0.378. The molecule has 0 saturated carbocycles. The van der Waals surface area contributed by atoms with Crippen molar-refractivity contribution >= 4 is 44.9 Å². The Kier molecular flexibility index (Phi) is 5.49. The highest BCUT2D eigenvalue weighted by atomic mass is 35.5. The van der Waals surface area contributed by atoms with Gasteiger partial charge in [-0.25, -0.2) is 4.98 Å². The highest BCUT2D eigenvalue weighted by Crippen LogP contribution is 2.44. The molecular formula is C22H24ClN3O2S. The number of aryl methyl sites for hydroxylation is 3. The summed E-state index contributed by atoms with van der Waals surface area (Å²) in [4.78, 5) is 24.9. The van der Waals surface area contributed by atoms with E-state index in [1.54, 1.807) is 11.3 Å². The molecule has 1 atom stereocenters. The van der Waals surface area contributed by atoms with Crippen molar-refractivity contribution in [1.82, 2.24) is 9.97 Å². The van der Waals surface area contributed by atoms with Crippen molar-refractivity contribution < 1.29 is 9.90 Å². The zero-order chi connectivity index (χ0) is 20.7. The molecule has 29 heavy (non-hydrogen) atoms. The minimum absolute atomic E-state index is 0.209. The van der Waals surface area contributed by atoms with E-state index in [0.29, 0.717) is 13.0 Å². The van der Waals surface area contributed by atoms with Gasteiger partial charge in [0.1, 0.15) is 10.6 Å². The molecule has 2 aromatic heterocycles. The van der Waals surface area contributed by atoms with Crippen LogP contribution in [0.4, 0.5) is 5.82 Å². The van der Waals surface area contributed by atoms with Crippen LogP contribution in [0.1, 0.15) is 35.8 Å². The second kappa shape index (κ2) is 7.92. The summed E-state index contributed by atoms with van der Waals surface area (Å²) in [5.41, 5.74) is 4.80. The molecule has 1 aromatic carbocycles. The van der Waals surface area contributed by atoms with Crippen molar-refractivity contribution in [3.05, 3.63) is 39.5 Å². The number of fused-ring (bicyclic) bond motifs is 1. The van der Waals surface area contributed by atoms with Crippen LogP contribution >= 0.6 is 22.9 Å². The minimum atomic E-state index is -0.750. The molecule has 1 aliphatic heterocycles. The third-order valence-electron chi connectivity index (χ3n) is 5.77. The molecule has 1 aliphatic rings. The smallest absolute Gasteiger partial charge is 0.308 e. The third kappa shape index (κ3) is 3.71. The van der Waals surface area contributed by atoms with Crippen LogP contribution in [0.2, 0.25) is 5.28 Å². The molecule has 0 amide bonds. The Labute approximate surface area is 179 Å². The van der Waals surface area contributed by atoms with E-state index in [1.807, 2.05) is 0 Å². The topological polar surface area (TPSA) is 66.3 Å². The van der Waals surface area contributed by atoms with Gasteiger partial charge in [0.05, 0.1) is 11.3 Å².